The molecule has 5 N–H and O–H groups in total. The lowest BCUT2D eigenvalue weighted by Gasteiger charge is -2.50. The van der Waals surface area contributed by atoms with Gasteiger partial charge in [0.25, 0.3) is 0 Å². The molecule has 4 aliphatic rings. The lowest BCUT2D eigenvalue weighted by molar-refractivity contribution is -0.0226. The number of likely N-dealkylation sites (tertiary alicyclic amines) is 1. The first-order chi connectivity index (χ1) is 22.1. The van der Waals surface area contributed by atoms with Gasteiger partial charge in [-0.15, -0.1) is 0 Å². The van der Waals surface area contributed by atoms with Crippen molar-refractivity contribution in [1.82, 2.24) is 14.9 Å². The zero-order chi connectivity index (χ0) is 32.6. The molecule has 7 rings (SSSR count). The number of rotatable bonds is 6. The summed E-state index contributed by atoms with van der Waals surface area (Å²) in [4.78, 5) is 10.7. The minimum Gasteiger partial charge on any atom is -0.508 e. The molecule has 2 saturated carbocycles. The number of aryl methyl sites for hydroxylation is 1. The molecular weight excluding hydrogens is 578 g/mol. The SMILES string of the molecule is CNc1nc(N)ncc1-c1ccc(OC)c(OC[C@H]2CN(C)C[C@@H]2C)c1.C[C@]12CC[C@@H]3c4ccc(O)cc4CC[C@H]3[C@@H]1CC[C@@H]2O. The molecule has 248 valence electrons. The second-order valence-corrected chi connectivity index (χ2v) is 14.3. The molecule has 0 spiro atoms. The zero-order valence-electron chi connectivity index (χ0n) is 28.0. The minimum absolute atomic E-state index is 0.0883. The number of aromatic hydroxyl groups is 1. The maximum Gasteiger partial charge on any atom is 0.221 e. The molecule has 3 aliphatic carbocycles. The van der Waals surface area contributed by atoms with E-state index >= 15 is 0 Å². The largest absolute Gasteiger partial charge is 0.508 e. The summed E-state index contributed by atoms with van der Waals surface area (Å²) in [5, 5.41) is 23.1. The first-order valence-corrected chi connectivity index (χ1v) is 16.9. The number of nitrogens with zero attached hydrogens (tertiary/aromatic N) is 3. The first kappa shape index (κ1) is 32.4. The van der Waals surface area contributed by atoms with Crippen LogP contribution in [0.4, 0.5) is 11.8 Å². The fourth-order valence-electron chi connectivity index (χ4n) is 9.00. The fraction of sp³-hybridized carbons (Fsp3) is 0.568. The second-order valence-electron chi connectivity index (χ2n) is 14.3. The summed E-state index contributed by atoms with van der Waals surface area (Å²) >= 11 is 0. The molecule has 3 aromatic rings. The number of aliphatic hydroxyl groups is 1. The third kappa shape index (κ3) is 6.24. The van der Waals surface area contributed by atoms with Crippen LogP contribution in [0.1, 0.15) is 63.0 Å². The Kier molecular flexibility index (Phi) is 9.35. The van der Waals surface area contributed by atoms with E-state index in [9.17, 15) is 10.2 Å². The van der Waals surface area contributed by atoms with Gasteiger partial charge in [0, 0.05) is 37.8 Å². The molecule has 1 aromatic heterocycles. The van der Waals surface area contributed by atoms with E-state index in [2.05, 4.69) is 47.1 Å². The van der Waals surface area contributed by atoms with E-state index in [1.807, 2.05) is 37.4 Å². The number of hydrogen-bond donors (Lipinski definition) is 4. The van der Waals surface area contributed by atoms with E-state index in [4.69, 9.17) is 15.2 Å². The summed E-state index contributed by atoms with van der Waals surface area (Å²) in [6, 6.07) is 11.8. The summed E-state index contributed by atoms with van der Waals surface area (Å²) in [6.45, 7) is 7.43. The van der Waals surface area contributed by atoms with Crippen molar-refractivity contribution in [3.8, 4) is 28.4 Å². The normalized spacial score (nSPS) is 30.0. The minimum atomic E-state index is -0.0883. The summed E-state index contributed by atoms with van der Waals surface area (Å²) in [5.74, 6) is 5.99. The number of nitrogen functional groups attached to an aromatic ring is 1. The molecule has 9 heteroatoms. The lowest BCUT2D eigenvalue weighted by Crippen LogP contribution is -2.43. The van der Waals surface area contributed by atoms with Crippen molar-refractivity contribution in [3.05, 3.63) is 53.7 Å². The van der Waals surface area contributed by atoms with Crippen molar-refractivity contribution >= 4 is 11.8 Å². The molecule has 7 atom stereocenters. The number of anilines is 2. The molecule has 46 heavy (non-hydrogen) atoms. The molecule has 3 fully saturated rings. The van der Waals surface area contributed by atoms with Crippen LogP contribution in [0, 0.1) is 29.1 Å². The van der Waals surface area contributed by atoms with Crippen molar-refractivity contribution < 1.29 is 19.7 Å². The quantitative estimate of drug-likeness (QED) is 0.261. The number of fused-ring (bicyclic) bond motifs is 5. The van der Waals surface area contributed by atoms with E-state index in [1.54, 1.807) is 13.3 Å². The summed E-state index contributed by atoms with van der Waals surface area (Å²) in [7, 11) is 5.61. The number of ether oxygens (including phenoxy) is 2. The molecule has 1 aliphatic heterocycles. The Hall–Kier alpha value is -3.56. The highest BCUT2D eigenvalue weighted by molar-refractivity contribution is 5.76. The Labute approximate surface area is 273 Å². The predicted molar refractivity (Wildman–Crippen MR) is 182 cm³/mol. The molecule has 2 aromatic carbocycles. The number of phenolic OH excluding ortho intramolecular Hbond substituents is 1. The molecule has 0 amide bonds. The molecular formula is C37H51N5O4. The average Bonchev–Trinajstić information content (AvgIpc) is 3.55. The van der Waals surface area contributed by atoms with Gasteiger partial charge in [-0.3, -0.25) is 0 Å². The highest BCUT2D eigenvalue weighted by Gasteiger charge is 2.54. The monoisotopic (exact) mass is 629 g/mol. The first-order valence-electron chi connectivity index (χ1n) is 16.9. The van der Waals surface area contributed by atoms with E-state index in [-0.39, 0.29) is 17.5 Å². The van der Waals surface area contributed by atoms with Crippen molar-refractivity contribution in [2.45, 2.75) is 64.4 Å². The Morgan fingerprint density at radius 2 is 1.91 bits per heavy atom. The van der Waals surface area contributed by atoms with Crippen LogP contribution in [0.5, 0.6) is 17.2 Å². The molecule has 9 nitrogen and oxygen atoms in total. The highest BCUT2D eigenvalue weighted by atomic mass is 16.5. The van der Waals surface area contributed by atoms with E-state index in [0.29, 0.717) is 41.8 Å². The van der Waals surface area contributed by atoms with Crippen LogP contribution in [0.15, 0.2) is 42.6 Å². The fourth-order valence-corrected chi connectivity index (χ4v) is 9.00. The number of benzene rings is 2. The number of aliphatic hydroxyl groups excluding tert-OH is 1. The molecule has 0 radical (unpaired) electrons. The van der Waals surface area contributed by atoms with Crippen molar-refractivity contribution in [3.63, 3.8) is 0 Å². The van der Waals surface area contributed by atoms with Gasteiger partial charge in [0.2, 0.25) is 5.95 Å². The van der Waals surface area contributed by atoms with Crippen molar-refractivity contribution in [2.75, 3.05) is 52.0 Å². The third-order valence-corrected chi connectivity index (χ3v) is 11.6. The summed E-state index contributed by atoms with van der Waals surface area (Å²) < 4.78 is 11.6. The lowest BCUT2D eigenvalue weighted by atomic mass is 9.55. The number of hydrogen-bond acceptors (Lipinski definition) is 9. The molecule has 0 unspecified atom stereocenters. The number of nitrogens with one attached hydrogen (secondary N) is 1. The van der Waals surface area contributed by atoms with Crippen LogP contribution in [0.3, 0.4) is 0 Å². The van der Waals surface area contributed by atoms with Crippen LogP contribution in [0.2, 0.25) is 0 Å². The smallest absolute Gasteiger partial charge is 0.221 e. The van der Waals surface area contributed by atoms with E-state index < -0.39 is 0 Å². The van der Waals surface area contributed by atoms with Crippen LogP contribution < -0.4 is 20.5 Å². The zero-order valence-corrected chi connectivity index (χ0v) is 28.0. The Balaban J connectivity index is 0.000000166. The van der Waals surface area contributed by atoms with Gasteiger partial charge in [-0.1, -0.05) is 26.0 Å². The molecule has 2 heterocycles. The van der Waals surface area contributed by atoms with E-state index in [0.717, 1.165) is 60.9 Å². The Morgan fingerprint density at radius 1 is 1.09 bits per heavy atom. The van der Waals surface area contributed by atoms with Gasteiger partial charge in [-0.05, 0) is 116 Å². The average molecular weight is 630 g/mol. The maximum atomic E-state index is 10.4. The number of nitrogens with two attached hydrogens (primary N) is 1. The van der Waals surface area contributed by atoms with Crippen LogP contribution in [-0.2, 0) is 6.42 Å². The van der Waals surface area contributed by atoms with Gasteiger partial charge in [-0.25, -0.2) is 4.98 Å². The number of aromatic nitrogens is 2. The van der Waals surface area contributed by atoms with Crippen LogP contribution in [-0.4, -0.2) is 72.1 Å². The predicted octanol–water partition coefficient (Wildman–Crippen LogP) is 5.96. The maximum absolute atomic E-state index is 10.4. The topological polar surface area (TPSA) is 126 Å². The van der Waals surface area contributed by atoms with Crippen molar-refractivity contribution in [2.24, 2.45) is 29.1 Å². The van der Waals surface area contributed by atoms with Crippen molar-refractivity contribution in [1.29, 1.82) is 0 Å². The van der Waals surface area contributed by atoms with Gasteiger partial charge in [-0.2, -0.15) is 4.98 Å². The third-order valence-electron chi connectivity index (χ3n) is 11.6. The number of methoxy groups -OCH3 is 1. The van der Waals surface area contributed by atoms with E-state index in [1.165, 1.54) is 30.4 Å². The number of phenols is 1. The standard InChI is InChI=1S/C19H27N5O2.C18H24O2/c1-12-9-24(3)10-14(12)11-26-17-7-13(5-6-16(17)25-4)15-8-22-19(20)23-18(15)21-2;1-18-9-8-14-13-5-3-12(19)10-11(13)2-4-15(14)16(18)6-7-17(18)20/h5-8,12,14H,9-11H2,1-4H3,(H3,20,21,22,23);3,5,10,14-17,19-20H,2,4,6-9H2,1H3/t12-,14+;14-,15-,16+,17+,18+/m01/s1. The highest BCUT2D eigenvalue weighted by Crippen LogP contribution is 2.60. The Bertz CT molecular complexity index is 1530. The van der Waals surface area contributed by atoms with Gasteiger partial charge in [0.05, 0.1) is 19.8 Å². The Morgan fingerprint density at radius 3 is 2.65 bits per heavy atom. The van der Waals surface area contributed by atoms with Gasteiger partial charge in [0.1, 0.15) is 11.6 Å². The molecule has 0 bridgehead atoms. The summed E-state index contributed by atoms with van der Waals surface area (Å²) in [6.07, 6.45) is 8.50. The van der Waals surface area contributed by atoms with Crippen LogP contribution in [0.25, 0.3) is 11.1 Å². The van der Waals surface area contributed by atoms with Gasteiger partial charge in [0.15, 0.2) is 11.5 Å². The van der Waals surface area contributed by atoms with Gasteiger partial charge < -0.3 is 35.6 Å². The van der Waals surface area contributed by atoms with Gasteiger partial charge >= 0.3 is 0 Å². The van der Waals surface area contributed by atoms with Crippen LogP contribution >= 0.6 is 0 Å². The molecule has 1 saturated heterocycles. The summed E-state index contributed by atoms with van der Waals surface area (Å²) in [5.41, 5.74) is 10.5. The second kappa shape index (κ2) is 13.3.